The van der Waals surface area contributed by atoms with Crippen molar-refractivity contribution < 1.29 is 28.6 Å². The fourth-order valence-corrected chi connectivity index (χ4v) is 3.76. The van der Waals surface area contributed by atoms with Crippen molar-refractivity contribution in [3.05, 3.63) is 54.1 Å². The SMILES string of the molecule is CCOc1ccc(N2CCN3C(=O)C(=O)[N+](CC(=O)Nc4ccc(C(C)=O)cc4)=NC32)cc1. The van der Waals surface area contributed by atoms with Crippen LogP contribution >= 0.6 is 0 Å². The van der Waals surface area contributed by atoms with Gasteiger partial charge in [-0.1, -0.05) is 0 Å². The summed E-state index contributed by atoms with van der Waals surface area (Å²) in [6, 6.07) is 13.8. The number of azo groups is 2. The number of benzene rings is 2. The number of nitrogens with one attached hydrogen (secondary N) is 1. The third-order valence-corrected chi connectivity index (χ3v) is 5.41. The molecule has 0 aromatic heterocycles. The Hall–Kier alpha value is -4.08. The molecule has 2 heterocycles. The van der Waals surface area contributed by atoms with Gasteiger partial charge in [-0.15, -0.1) is 0 Å². The van der Waals surface area contributed by atoms with Crippen LogP contribution in [0, 0.1) is 0 Å². The van der Waals surface area contributed by atoms with Crippen LogP contribution in [0.15, 0.2) is 53.6 Å². The largest absolute Gasteiger partial charge is 0.502 e. The maximum Gasteiger partial charge on any atom is 0.502 e. The average molecular weight is 450 g/mol. The normalized spacial score (nSPS) is 17.5. The van der Waals surface area contributed by atoms with E-state index in [-0.39, 0.29) is 5.78 Å². The molecule has 170 valence electrons. The Morgan fingerprint density at radius 3 is 2.36 bits per heavy atom. The molecule has 2 aromatic rings. The molecule has 3 amide bonds. The summed E-state index contributed by atoms with van der Waals surface area (Å²) in [5, 5.41) is 7.04. The van der Waals surface area contributed by atoms with E-state index >= 15 is 0 Å². The lowest BCUT2D eigenvalue weighted by Crippen LogP contribution is -2.52. The standard InChI is InChI=1S/C23H23N5O5/c1-3-33-19-10-8-18(9-11-19)26-12-13-27-21(31)22(32)28(25-23(26)27)14-20(30)24-17-6-4-16(5-7-17)15(2)29/h4-11,23H,3,12-14H2,1-2H3/p+1. The van der Waals surface area contributed by atoms with E-state index < -0.39 is 30.6 Å². The number of anilines is 2. The predicted octanol–water partition coefficient (Wildman–Crippen LogP) is 1.86. The summed E-state index contributed by atoms with van der Waals surface area (Å²) >= 11 is 0. The highest BCUT2D eigenvalue weighted by molar-refractivity contribution is 6.32. The summed E-state index contributed by atoms with van der Waals surface area (Å²) in [6.45, 7) is 4.38. The molecule has 10 nitrogen and oxygen atoms in total. The Labute approximate surface area is 190 Å². The quantitative estimate of drug-likeness (QED) is 0.392. The average Bonchev–Trinajstić information content (AvgIpc) is 3.22. The molecule has 2 aliphatic rings. The predicted molar refractivity (Wildman–Crippen MR) is 118 cm³/mol. The molecular weight excluding hydrogens is 426 g/mol. The number of hydrogen-bond donors (Lipinski definition) is 1. The molecule has 10 heteroatoms. The van der Waals surface area contributed by atoms with Crippen molar-refractivity contribution in [2.24, 2.45) is 5.11 Å². The summed E-state index contributed by atoms with van der Waals surface area (Å²) < 4.78 is 6.38. The molecule has 0 spiro atoms. The van der Waals surface area contributed by atoms with Crippen molar-refractivity contribution in [2.75, 3.05) is 36.5 Å². The first-order chi connectivity index (χ1) is 15.9. The van der Waals surface area contributed by atoms with Gasteiger partial charge in [0.2, 0.25) is 0 Å². The molecule has 2 aliphatic heterocycles. The lowest BCUT2D eigenvalue weighted by molar-refractivity contribution is -0.509. The zero-order valence-electron chi connectivity index (χ0n) is 18.4. The van der Waals surface area contributed by atoms with Crippen molar-refractivity contribution in [2.45, 2.75) is 20.1 Å². The Bertz CT molecular complexity index is 1130. The minimum Gasteiger partial charge on any atom is -0.494 e. The molecule has 1 atom stereocenters. The van der Waals surface area contributed by atoms with Gasteiger partial charge in [0.1, 0.15) is 5.75 Å². The topological polar surface area (TPSA) is 111 Å². The van der Waals surface area contributed by atoms with Crippen LogP contribution in [0.4, 0.5) is 11.4 Å². The number of fused-ring (bicyclic) bond motifs is 1. The molecule has 1 saturated heterocycles. The molecule has 0 saturated carbocycles. The number of Topliss-reactive ketones (excluding diaryl/α,β-unsaturated/α-hetero) is 1. The zero-order valence-corrected chi connectivity index (χ0v) is 18.4. The summed E-state index contributed by atoms with van der Waals surface area (Å²) in [4.78, 5) is 52.3. The summed E-state index contributed by atoms with van der Waals surface area (Å²) in [6.07, 6.45) is -0.712. The monoisotopic (exact) mass is 450 g/mol. The lowest BCUT2D eigenvalue weighted by atomic mass is 10.1. The molecular formula is C23H24N5O5+. The number of carbonyl (C=O) groups is 4. The number of rotatable bonds is 7. The van der Waals surface area contributed by atoms with Gasteiger partial charge in [-0.25, -0.2) is 4.79 Å². The molecule has 4 rings (SSSR count). The highest BCUT2D eigenvalue weighted by Crippen LogP contribution is 2.28. The number of hydrogen-bond acceptors (Lipinski definition) is 7. The molecule has 1 N–H and O–H groups in total. The van der Waals surface area contributed by atoms with E-state index in [1.165, 1.54) is 11.8 Å². The Balaban J connectivity index is 1.50. The first-order valence-corrected chi connectivity index (χ1v) is 10.6. The van der Waals surface area contributed by atoms with Gasteiger partial charge in [-0.3, -0.25) is 19.3 Å². The fraction of sp³-hybridized carbons (Fsp3) is 0.304. The fourth-order valence-electron chi connectivity index (χ4n) is 3.76. The lowest BCUT2D eigenvalue weighted by Gasteiger charge is -2.27. The van der Waals surface area contributed by atoms with Crippen molar-refractivity contribution in [3.63, 3.8) is 0 Å². The summed E-state index contributed by atoms with van der Waals surface area (Å²) in [7, 11) is 0. The second kappa shape index (κ2) is 9.19. The molecule has 0 bridgehead atoms. The number of carbonyl (C=O) groups excluding carboxylic acids is 4. The number of amides is 3. The first kappa shape index (κ1) is 22.1. The van der Waals surface area contributed by atoms with Gasteiger partial charge in [0, 0.05) is 35.1 Å². The van der Waals surface area contributed by atoms with E-state index in [2.05, 4.69) is 10.4 Å². The van der Waals surface area contributed by atoms with Gasteiger partial charge in [-0.05, 0) is 67.1 Å². The highest BCUT2D eigenvalue weighted by Gasteiger charge is 2.49. The smallest absolute Gasteiger partial charge is 0.494 e. The van der Waals surface area contributed by atoms with Crippen LogP contribution in [-0.4, -0.2) is 65.6 Å². The van der Waals surface area contributed by atoms with E-state index in [4.69, 9.17) is 4.74 Å². The Kier molecular flexibility index (Phi) is 6.16. The molecule has 33 heavy (non-hydrogen) atoms. The van der Waals surface area contributed by atoms with E-state index in [1.807, 2.05) is 36.1 Å². The van der Waals surface area contributed by atoms with Crippen molar-refractivity contribution in [1.82, 2.24) is 4.90 Å². The highest BCUT2D eigenvalue weighted by atomic mass is 16.5. The van der Waals surface area contributed by atoms with Crippen LogP contribution < -0.4 is 15.0 Å². The molecule has 2 aromatic carbocycles. The number of nitrogens with zero attached hydrogens (tertiary/aromatic N) is 4. The first-order valence-electron chi connectivity index (χ1n) is 10.6. The molecule has 0 radical (unpaired) electrons. The molecule has 1 fully saturated rings. The van der Waals surface area contributed by atoms with E-state index in [0.717, 1.165) is 16.1 Å². The zero-order chi connectivity index (χ0) is 23.5. The van der Waals surface area contributed by atoms with Gasteiger partial charge >= 0.3 is 11.8 Å². The van der Waals surface area contributed by atoms with Crippen LogP contribution in [0.1, 0.15) is 24.2 Å². The second-order valence-corrected chi connectivity index (χ2v) is 7.63. The minimum atomic E-state index is -0.845. The Morgan fingerprint density at radius 1 is 1.06 bits per heavy atom. The van der Waals surface area contributed by atoms with Crippen LogP contribution in [0.5, 0.6) is 5.75 Å². The molecule has 0 aliphatic carbocycles. The van der Waals surface area contributed by atoms with Crippen molar-refractivity contribution >= 4 is 34.9 Å². The number of ether oxygens (including phenoxy) is 1. The van der Waals surface area contributed by atoms with Gasteiger partial charge in [0.25, 0.3) is 18.7 Å². The van der Waals surface area contributed by atoms with Crippen molar-refractivity contribution in [1.29, 1.82) is 0 Å². The van der Waals surface area contributed by atoms with Crippen LogP contribution in [0.25, 0.3) is 0 Å². The third kappa shape index (κ3) is 4.59. The number of ketones is 1. The van der Waals surface area contributed by atoms with Crippen LogP contribution in [-0.2, 0) is 14.4 Å². The molecule has 1 unspecified atom stereocenters. The van der Waals surface area contributed by atoms with Gasteiger partial charge < -0.3 is 15.0 Å². The van der Waals surface area contributed by atoms with Crippen LogP contribution in [0.3, 0.4) is 0 Å². The van der Waals surface area contributed by atoms with Gasteiger partial charge in [0.05, 0.1) is 6.61 Å². The van der Waals surface area contributed by atoms with E-state index in [1.54, 1.807) is 24.3 Å². The Morgan fingerprint density at radius 2 is 1.73 bits per heavy atom. The second-order valence-electron chi connectivity index (χ2n) is 7.63. The van der Waals surface area contributed by atoms with E-state index in [9.17, 15) is 19.2 Å². The maximum absolute atomic E-state index is 12.6. The van der Waals surface area contributed by atoms with Crippen LogP contribution in [0.2, 0.25) is 0 Å². The minimum absolute atomic E-state index is 0.0812. The van der Waals surface area contributed by atoms with Gasteiger partial charge in [0.15, 0.2) is 5.78 Å². The van der Waals surface area contributed by atoms with Gasteiger partial charge in [-0.2, -0.15) is 0 Å². The summed E-state index contributed by atoms with van der Waals surface area (Å²) in [5.41, 5.74) is 1.82. The van der Waals surface area contributed by atoms with Crippen molar-refractivity contribution in [3.8, 4) is 5.75 Å². The maximum atomic E-state index is 12.6. The summed E-state index contributed by atoms with van der Waals surface area (Å²) in [5.74, 6) is -1.39. The van der Waals surface area contributed by atoms with E-state index in [0.29, 0.717) is 30.9 Å². The third-order valence-electron chi connectivity index (χ3n) is 5.41.